The van der Waals surface area contributed by atoms with Crippen LogP contribution in [0.1, 0.15) is 25.8 Å². The van der Waals surface area contributed by atoms with E-state index in [1.807, 2.05) is 4.83 Å². The number of carboxylic acids is 1. The van der Waals surface area contributed by atoms with Gasteiger partial charge >= 0.3 is 5.97 Å². The van der Waals surface area contributed by atoms with Gasteiger partial charge in [0.25, 0.3) is 10.0 Å². The lowest BCUT2D eigenvalue weighted by Gasteiger charge is -2.10. The largest absolute Gasteiger partial charge is 0.481 e. The van der Waals surface area contributed by atoms with Gasteiger partial charge < -0.3 is 5.11 Å². The Morgan fingerprint density at radius 2 is 1.76 bits per heavy atom. The van der Waals surface area contributed by atoms with E-state index >= 15 is 0 Å². The van der Waals surface area contributed by atoms with Gasteiger partial charge in [0.2, 0.25) is 5.91 Å². The Hall–Kier alpha value is -1.93. The van der Waals surface area contributed by atoms with Gasteiger partial charge in [-0.3, -0.25) is 15.0 Å². The van der Waals surface area contributed by atoms with E-state index in [2.05, 4.69) is 5.43 Å². The maximum atomic E-state index is 11.9. The normalized spacial score (nSPS) is 11.4. The first kappa shape index (κ1) is 17.1. The average Bonchev–Trinajstić information content (AvgIpc) is 2.43. The highest BCUT2D eigenvalue weighted by Gasteiger charge is 2.16. The maximum Gasteiger partial charge on any atom is 0.303 e. The van der Waals surface area contributed by atoms with Gasteiger partial charge in [0.15, 0.2) is 0 Å². The molecule has 0 aliphatic rings. The second-order valence-electron chi connectivity index (χ2n) is 4.79. The zero-order chi connectivity index (χ0) is 16.0. The highest BCUT2D eigenvalue weighted by Crippen LogP contribution is 2.11. The monoisotopic (exact) mass is 314 g/mol. The van der Waals surface area contributed by atoms with Gasteiger partial charge in [-0.2, -0.15) is 0 Å². The Morgan fingerprint density at radius 3 is 2.24 bits per heavy atom. The summed E-state index contributed by atoms with van der Waals surface area (Å²) in [6.07, 6.45) is 0.308. The number of carboxylic acid groups (broad SMARTS) is 1. The van der Waals surface area contributed by atoms with Gasteiger partial charge in [0.1, 0.15) is 0 Å². The molecule has 0 atom stereocenters. The van der Waals surface area contributed by atoms with Gasteiger partial charge in [-0.15, -0.1) is 4.83 Å². The molecule has 0 aromatic heterocycles. The van der Waals surface area contributed by atoms with Crippen molar-refractivity contribution in [1.82, 2.24) is 10.3 Å². The Balaban J connectivity index is 2.71. The van der Waals surface area contributed by atoms with Crippen LogP contribution in [0.4, 0.5) is 0 Å². The number of hydrazine groups is 1. The number of sulfonamides is 1. The average molecular weight is 314 g/mol. The summed E-state index contributed by atoms with van der Waals surface area (Å²) < 4.78 is 23.8. The van der Waals surface area contributed by atoms with Crippen molar-refractivity contribution in [3.63, 3.8) is 0 Å². The summed E-state index contributed by atoms with van der Waals surface area (Å²) >= 11 is 0. The molecular formula is C13H18N2O5S. The van der Waals surface area contributed by atoms with E-state index in [1.165, 1.54) is 12.1 Å². The minimum atomic E-state index is -3.84. The van der Waals surface area contributed by atoms with Crippen LogP contribution < -0.4 is 10.3 Å². The van der Waals surface area contributed by atoms with Gasteiger partial charge in [-0.1, -0.05) is 26.0 Å². The van der Waals surface area contributed by atoms with Gasteiger partial charge in [0, 0.05) is 12.3 Å². The van der Waals surface area contributed by atoms with Crippen molar-refractivity contribution in [3.8, 4) is 0 Å². The highest BCUT2D eigenvalue weighted by atomic mass is 32.2. The van der Waals surface area contributed by atoms with Crippen molar-refractivity contribution < 1.29 is 23.1 Å². The Kier molecular flexibility index (Phi) is 5.86. The van der Waals surface area contributed by atoms with Crippen molar-refractivity contribution in [2.45, 2.75) is 31.6 Å². The smallest absolute Gasteiger partial charge is 0.303 e. The summed E-state index contributed by atoms with van der Waals surface area (Å²) in [5.41, 5.74) is 2.85. The number of aliphatic carboxylic acids is 1. The van der Waals surface area contributed by atoms with Crippen LogP contribution in [-0.4, -0.2) is 25.4 Å². The van der Waals surface area contributed by atoms with Crippen molar-refractivity contribution in [2.75, 3.05) is 0 Å². The molecule has 0 radical (unpaired) electrons. The molecule has 3 N–H and O–H groups in total. The first-order valence-corrected chi connectivity index (χ1v) is 7.83. The molecule has 0 aliphatic carbocycles. The predicted molar refractivity (Wildman–Crippen MR) is 75.7 cm³/mol. The Morgan fingerprint density at radius 1 is 1.19 bits per heavy atom. The molecule has 1 aromatic carbocycles. The maximum absolute atomic E-state index is 11.9. The van der Waals surface area contributed by atoms with Crippen LogP contribution in [-0.2, 0) is 26.0 Å². The fourth-order valence-electron chi connectivity index (χ4n) is 1.41. The van der Waals surface area contributed by atoms with Crippen LogP contribution in [0.15, 0.2) is 29.2 Å². The van der Waals surface area contributed by atoms with E-state index < -0.39 is 21.9 Å². The zero-order valence-electron chi connectivity index (χ0n) is 11.8. The number of benzene rings is 1. The second-order valence-corrected chi connectivity index (χ2v) is 6.47. The minimum Gasteiger partial charge on any atom is -0.481 e. The highest BCUT2D eigenvalue weighted by molar-refractivity contribution is 7.89. The predicted octanol–water partition coefficient (Wildman–Crippen LogP) is 0.669. The number of aryl methyl sites for hydroxylation is 1. The van der Waals surface area contributed by atoms with Gasteiger partial charge in [0.05, 0.1) is 4.90 Å². The number of amides is 1. The minimum absolute atomic E-state index is 0.00867. The number of carbonyl (C=O) groups excluding carboxylic acids is 1. The van der Waals surface area contributed by atoms with Crippen molar-refractivity contribution in [1.29, 1.82) is 0 Å². The molecule has 116 valence electrons. The molecule has 1 rings (SSSR count). The van der Waals surface area contributed by atoms with Crippen LogP contribution >= 0.6 is 0 Å². The molecule has 1 amide bonds. The Labute approximate surface area is 123 Å². The molecule has 21 heavy (non-hydrogen) atoms. The molecular weight excluding hydrogens is 296 g/mol. The number of carbonyl (C=O) groups is 2. The summed E-state index contributed by atoms with van der Waals surface area (Å²) in [5.74, 6) is -1.69. The molecule has 7 nitrogen and oxygen atoms in total. The topological polar surface area (TPSA) is 113 Å². The lowest BCUT2D eigenvalue weighted by molar-refractivity contribution is -0.137. The molecule has 0 saturated carbocycles. The number of nitrogens with one attached hydrogen (secondary N) is 2. The lowest BCUT2D eigenvalue weighted by Crippen LogP contribution is -2.43. The Bertz CT molecular complexity index is 608. The number of rotatable bonds is 7. The van der Waals surface area contributed by atoms with Gasteiger partial charge in [-0.05, 0) is 24.1 Å². The van der Waals surface area contributed by atoms with Crippen LogP contribution in [0.5, 0.6) is 0 Å². The summed E-state index contributed by atoms with van der Waals surface area (Å²) in [7, 11) is -3.84. The molecule has 8 heteroatoms. The van der Waals surface area contributed by atoms with Crippen LogP contribution in [0.2, 0.25) is 0 Å². The van der Waals surface area contributed by atoms with Gasteiger partial charge in [-0.25, -0.2) is 8.42 Å². The van der Waals surface area contributed by atoms with E-state index in [0.717, 1.165) is 5.56 Å². The molecule has 1 aromatic rings. The molecule has 0 unspecified atom stereocenters. The fourth-order valence-corrected chi connectivity index (χ4v) is 2.25. The van der Waals surface area contributed by atoms with Crippen molar-refractivity contribution >= 4 is 21.9 Å². The summed E-state index contributed by atoms with van der Waals surface area (Å²) in [4.78, 5) is 23.8. The molecule has 0 spiro atoms. The third-order valence-corrected chi connectivity index (χ3v) is 3.96. The quantitative estimate of drug-likeness (QED) is 0.640. The molecule has 0 saturated heterocycles. The summed E-state index contributed by atoms with van der Waals surface area (Å²) in [6.45, 7) is 3.28. The third-order valence-electron chi connectivity index (χ3n) is 2.69. The standard InChI is InChI=1S/C13H18N2O5S/c1-9(2)13(18)14-15-21(19,20)11-6-3-10(4-7-11)5-8-12(16)17/h3-4,6-7,9,15H,5,8H2,1-2H3,(H,14,18)(H,16,17). The number of hydrogen-bond acceptors (Lipinski definition) is 4. The molecule has 0 heterocycles. The zero-order valence-corrected chi connectivity index (χ0v) is 12.6. The lowest BCUT2D eigenvalue weighted by atomic mass is 10.1. The first-order chi connectivity index (χ1) is 9.72. The van der Waals surface area contributed by atoms with Crippen molar-refractivity contribution in [3.05, 3.63) is 29.8 Å². The van der Waals surface area contributed by atoms with Crippen LogP contribution in [0.3, 0.4) is 0 Å². The second kappa shape index (κ2) is 7.19. The fraction of sp³-hybridized carbons (Fsp3) is 0.385. The SMILES string of the molecule is CC(C)C(=O)NNS(=O)(=O)c1ccc(CCC(=O)O)cc1. The van der Waals surface area contributed by atoms with E-state index in [9.17, 15) is 18.0 Å². The summed E-state index contributed by atoms with van der Waals surface area (Å²) in [6, 6.07) is 5.81. The first-order valence-electron chi connectivity index (χ1n) is 6.35. The van der Waals surface area contributed by atoms with E-state index in [0.29, 0.717) is 6.42 Å². The molecule has 0 bridgehead atoms. The van der Waals surface area contributed by atoms with Crippen molar-refractivity contribution in [2.24, 2.45) is 5.92 Å². The molecule has 0 aliphatic heterocycles. The van der Waals surface area contributed by atoms with E-state index in [4.69, 9.17) is 5.11 Å². The summed E-state index contributed by atoms with van der Waals surface area (Å²) in [5, 5.41) is 8.58. The number of hydrogen-bond donors (Lipinski definition) is 3. The van der Waals surface area contributed by atoms with Crippen LogP contribution in [0, 0.1) is 5.92 Å². The molecule has 0 fully saturated rings. The van der Waals surface area contributed by atoms with Crippen LogP contribution in [0.25, 0.3) is 0 Å². The third kappa shape index (κ3) is 5.52. The van der Waals surface area contributed by atoms with E-state index in [-0.39, 0.29) is 17.2 Å². The van der Waals surface area contributed by atoms with E-state index in [1.54, 1.807) is 26.0 Å².